The molecule has 11 heavy (non-hydrogen) atoms. The van der Waals surface area contributed by atoms with Gasteiger partial charge in [-0.3, -0.25) is 14.5 Å². The molecule has 0 saturated carbocycles. The molecule has 0 aliphatic carbocycles. The van der Waals surface area contributed by atoms with Gasteiger partial charge in [-0.05, 0) is 6.92 Å². The number of nitrogens with zero attached hydrogens (tertiary/aromatic N) is 1. The van der Waals surface area contributed by atoms with Crippen LogP contribution in [-0.2, 0) is 9.59 Å². The number of carbonyl (C=O) groups excluding carboxylic acids is 2. The number of amides is 2. The van der Waals surface area contributed by atoms with E-state index in [2.05, 4.69) is 0 Å². The van der Waals surface area contributed by atoms with Gasteiger partial charge in [0.1, 0.15) is 0 Å². The average molecular weight is 156 g/mol. The van der Waals surface area contributed by atoms with Crippen LogP contribution in [0.5, 0.6) is 0 Å². The Morgan fingerprint density at radius 2 is 2.27 bits per heavy atom. The molecule has 1 saturated heterocycles. The van der Waals surface area contributed by atoms with Gasteiger partial charge in [-0.15, -0.1) is 0 Å². The van der Waals surface area contributed by atoms with Gasteiger partial charge in [0.15, 0.2) is 0 Å². The molecular formula is C7H12N2O2. The van der Waals surface area contributed by atoms with Crippen molar-refractivity contribution in [3.8, 4) is 0 Å². The second kappa shape index (κ2) is 3.00. The normalized spacial score (nSPS) is 24.9. The largest absolute Gasteiger partial charge is 0.330 e. The Labute approximate surface area is 65.3 Å². The number of rotatable bonds is 2. The number of nitrogens with two attached hydrogens (primary N) is 1. The summed E-state index contributed by atoms with van der Waals surface area (Å²) < 4.78 is 0. The molecule has 4 heteroatoms. The Morgan fingerprint density at radius 1 is 1.64 bits per heavy atom. The Bertz CT molecular complexity index is 191. The summed E-state index contributed by atoms with van der Waals surface area (Å²) in [4.78, 5) is 23.5. The van der Waals surface area contributed by atoms with E-state index in [1.807, 2.05) is 0 Å². The fourth-order valence-corrected chi connectivity index (χ4v) is 1.27. The molecule has 0 spiro atoms. The smallest absolute Gasteiger partial charge is 0.234 e. The number of likely N-dealkylation sites (tertiary alicyclic amines) is 1. The second-order valence-electron chi connectivity index (χ2n) is 2.61. The zero-order valence-electron chi connectivity index (χ0n) is 6.54. The molecule has 2 amide bonds. The lowest BCUT2D eigenvalue weighted by Gasteiger charge is -2.10. The Balaban J connectivity index is 2.71. The maximum absolute atomic E-state index is 11.2. The summed E-state index contributed by atoms with van der Waals surface area (Å²) in [6.45, 7) is 2.53. The topological polar surface area (TPSA) is 63.4 Å². The van der Waals surface area contributed by atoms with Crippen molar-refractivity contribution in [3.63, 3.8) is 0 Å². The van der Waals surface area contributed by atoms with Gasteiger partial charge in [-0.25, -0.2) is 0 Å². The highest BCUT2D eigenvalue weighted by Crippen LogP contribution is 2.17. The summed E-state index contributed by atoms with van der Waals surface area (Å²) in [6.07, 6.45) is 0.295. The number of imide groups is 1. The molecule has 1 aliphatic heterocycles. The maximum atomic E-state index is 11.2. The summed E-state index contributed by atoms with van der Waals surface area (Å²) in [5, 5.41) is 0. The van der Waals surface area contributed by atoms with E-state index >= 15 is 0 Å². The van der Waals surface area contributed by atoms with Gasteiger partial charge in [-0.1, -0.05) is 0 Å². The van der Waals surface area contributed by atoms with Crippen LogP contribution in [0.1, 0.15) is 13.3 Å². The van der Waals surface area contributed by atoms with Crippen LogP contribution in [0, 0.1) is 5.92 Å². The van der Waals surface area contributed by atoms with Crippen molar-refractivity contribution in [1.29, 1.82) is 0 Å². The molecule has 0 aromatic carbocycles. The van der Waals surface area contributed by atoms with Gasteiger partial charge in [-0.2, -0.15) is 0 Å². The molecule has 1 unspecified atom stereocenters. The molecule has 0 bridgehead atoms. The van der Waals surface area contributed by atoms with Crippen molar-refractivity contribution in [3.05, 3.63) is 0 Å². The van der Waals surface area contributed by atoms with Gasteiger partial charge in [0.05, 0.1) is 5.92 Å². The van der Waals surface area contributed by atoms with Crippen LogP contribution in [0.2, 0.25) is 0 Å². The van der Waals surface area contributed by atoms with Gasteiger partial charge in [0, 0.05) is 19.5 Å². The predicted octanol–water partition coefficient (Wildman–Crippen LogP) is -0.660. The van der Waals surface area contributed by atoms with E-state index in [1.165, 1.54) is 4.90 Å². The van der Waals surface area contributed by atoms with Crippen molar-refractivity contribution in [2.24, 2.45) is 11.7 Å². The molecule has 0 radical (unpaired) electrons. The Kier molecular flexibility index (Phi) is 2.24. The third-order valence-electron chi connectivity index (χ3n) is 1.94. The number of carbonyl (C=O) groups is 2. The van der Waals surface area contributed by atoms with Gasteiger partial charge in [0.2, 0.25) is 11.8 Å². The van der Waals surface area contributed by atoms with Crippen LogP contribution in [-0.4, -0.2) is 29.8 Å². The second-order valence-corrected chi connectivity index (χ2v) is 2.61. The van der Waals surface area contributed by atoms with Gasteiger partial charge in [0.25, 0.3) is 0 Å². The maximum Gasteiger partial charge on any atom is 0.234 e. The van der Waals surface area contributed by atoms with Crippen molar-refractivity contribution in [1.82, 2.24) is 4.90 Å². The van der Waals surface area contributed by atoms with Crippen LogP contribution in [0.15, 0.2) is 0 Å². The summed E-state index contributed by atoms with van der Waals surface area (Å²) in [6, 6.07) is 0. The van der Waals surface area contributed by atoms with Gasteiger partial charge < -0.3 is 5.73 Å². The fraction of sp³-hybridized carbons (Fsp3) is 0.714. The lowest BCUT2D eigenvalue weighted by Crippen LogP contribution is -2.31. The molecule has 1 fully saturated rings. The first-order chi connectivity index (χ1) is 5.20. The average Bonchev–Trinajstić information content (AvgIpc) is 2.26. The minimum Gasteiger partial charge on any atom is -0.330 e. The first-order valence-electron chi connectivity index (χ1n) is 3.75. The van der Waals surface area contributed by atoms with Gasteiger partial charge >= 0.3 is 0 Å². The standard InChI is InChI=1S/C7H12N2O2/c1-2-9-6(10)3-5(4-8)7(9)11/h5H,2-4,8H2,1H3. The Morgan fingerprint density at radius 3 is 2.55 bits per heavy atom. The zero-order valence-corrected chi connectivity index (χ0v) is 6.54. The molecule has 2 N–H and O–H groups in total. The quantitative estimate of drug-likeness (QED) is 0.540. The van der Waals surface area contributed by atoms with E-state index in [0.717, 1.165) is 0 Å². The van der Waals surface area contributed by atoms with Crippen LogP contribution in [0.25, 0.3) is 0 Å². The molecule has 0 aromatic rings. The van der Waals surface area contributed by atoms with Crippen molar-refractivity contribution >= 4 is 11.8 Å². The molecule has 1 rings (SSSR count). The summed E-state index contributed by atoms with van der Waals surface area (Å²) in [5.74, 6) is -0.463. The molecular weight excluding hydrogens is 144 g/mol. The highest BCUT2D eigenvalue weighted by Gasteiger charge is 2.36. The van der Waals surface area contributed by atoms with E-state index in [1.54, 1.807) is 6.92 Å². The highest BCUT2D eigenvalue weighted by atomic mass is 16.2. The SMILES string of the molecule is CCN1C(=O)CC(CN)C1=O. The zero-order chi connectivity index (χ0) is 8.43. The molecule has 1 aliphatic rings. The van der Waals surface area contributed by atoms with Crippen molar-refractivity contribution in [2.45, 2.75) is 13.3 Å². The Hall–Kier alpha value is -0.900. The summed E-state index contributed by atoms with van der Waals surface area (Å²) in [5.41, 5.74) is 5.30. The van der Waals surface area contributed by atoms with E-state index in [-0.39, 0.29) is 24.3 Å². The van der Waals surface area contributed by atoms with E-state index in [0.29, 0.717) is 13.0 Å². The first kappa shape index (κ1) is 8.20. The lowest BCUT2D eigenvalue weighted by atomic mass is 10.1. The fourth-order valence-electron chi connectivity index (χ4n) is 1.27. The number of hydrogen-bond acceptors (Lipinski definition) is 3. The summed E-state index contributed by atoms with van der Waals surface area (Å²) >= 11 is 0. The third-order valence-corrected chi connectivity index (χ3v) is 1.94. The lowest BCUT2D eigenvalue weighted by molar-refractivity contribution is -0.138. The first-order valence-corrected chi connectivity index (χ1v) is 3.75. The predicted molar refractivity (Wildman–Crippen MR) is 39.6 cm³/mol. The minimum absolute atomic E-state index is 0.0899. The van der Waals surface area contributed by atoms with Crippen LogP contribution in [0.4, 0.5) is 0 Å². The number of hydrogen-bond donors (Lipinski definition) is 1. The van der Waals surface area contributed by atoms with Crippen LogP contribution < -0.4 is 5.73 Å². The highest BCUT2D eigenvalue weighted by molar-refractivity contribution is 6.03. The molecule has 0 aromatic heterocycles. The van der Waals surface area contributed by atoms with Crippen LogP contribution in [0.3, 0.4) is 0 Å². The van der Waals surface area contributed by atoms with E-state index in [9.17, 15) is 9.59 Å². The minimum atomic E-state index is -0.262. The summed E-state index contributed by atoms with van der Waals surface area (Å²) in [7, 11) is 0. The molecule has 1 heterocycles. The molecule has 1 atom stereocenters. The van der Waals surface area contributed by atoms with E-state index < -0.39 is 0 Å². The monoisotopic (exact) mass is 156 g/mol. The van der Waals surface area contributed by atoms with Crippen LogP contribution >= 0.6 is 0 Å². The van der Waals surface area contributed by atoms with Crippen molar-refractivity contribution < 1.29 is 9.59 Å². The third kappa shape index (κ3) is 1.26. The molecule has 4 nitrogen and oxygen atoms in total. The van der Waals surface area contributed by atoms with Crippen molar-refractivity contribution in [2.75, 3.05) is 13.1 Å². The van der Waals surface area contributed by atoms with E-state index in [4.69, 9.17) is 5.73 Å². The molecule has 62 valence electrons.